The molecule has 33 heavy (non-hydrogen) atoms. The third-order valence-electron chi connectivity index (χ3n) is 6.43. The van der Waals surface area contributed by atoms with Crippen molar-refractivity contribution in [2.45, 2.75) is 37.8 Å². The minimum atomic E-state index is -0.460. The van der Waals surface area contributed by atoms with Crippen LogP contribution in [0.5, 0.6) is 0 Å². The Bertz CT molecular complexity index is 1200. The van der Waals surface area contributed by atoms with Crippen LogP contribution >= 0.6 is 0 Å². The van der Waals surface area contributed by atoms with Crippen molar-refractivity contribution in [2.75, 3.05) is 24.5 Å². The number of aromatic nitrogens is 3. The number of rotatable bonds is 4. The van der Waals surface area contributed by atoms with Gasteiger partial charge in [-0.1, -0.05) is 0 Å². The number of nitrogens with zero attached hydrogens (tertiary/aromatic N) is 5. The standard InChI is InChI=1S/C24H25F2N5O2/c25-17-4-5-20(26)19(14-17)21-2-1-10-30(21)22-9-13-31-24(28-22)16(15-27-31)3-6-23(33)29-11-7-18(32)8-12-29/h3-6,9,13-15,18,21,32H,1-2,7-8,10-12H2/t21-/m1/s1. The highest BCUT2D eigenvalue weighted by Gasteiger charge is 2.30. The van der Waals surface area contributed by atoms with Gasteiger partial charge in [-0.05, 0) is 56.0 Å². The van der Waals surface area contributed by atoms with Gasteiger partial charge in [-0.25, -0.2) is 18.3 Å². The molecule has 0 unspecified atom stereocenters. The average molecular weight is 453 g/mol. The van der Waals surface area contributed by atoms with Crippen LogP contribution in [0.4, 0.5) is 14.6 Å². The monoisotopic (exact) mass is 453 g/mol. The summed E-state index contributed by atoms with van der Waals surface area (Å²) in [5.41, 5.74) is 1.60. The van der Waals surface area contributed by atoms with Gasteiger partial charge in [0.15, 0.2) is 5.65 Å². The predicted octanol–water partition coefficient (Wildman–Crippen LogP) is 3.35. The maximum absolute atomic E-state index is 14.4. The lowest BCUT2D eigenvalue weighted by Crippen LogP contribution is -2.39. The Morgan fingerprint density at radius 2 is 1.94 bits per heavy atom. The van der Waals surface area contributed by atoms with Gasteiger partial charge in [0.2, 0.25) is 5.91 Å². The summed E-state index contributed by atoms with van der Waals surface area (Å²) in [7, 11) is 0. The normalized spacial score (nSPS) is 19.8. The molecule has 2 aliphatic rings. The summed E-state index contributed by atoms with van der Waals surface area (Å²) >= 11 is 0. The van der Waals surface area contributed by atoms with Gasteiger partial charge in [0.25, 0.3) is 0 Å². The highest BCUT2D eigenvalue weighted by Crippen LogP contribution is 2.36. The summed E-state index contributed by atoms with van der Waals surface area (Å²) in [6.45, 7) is 1.76. The molecule has 1 aromatic carbocycles. The first-order chi connectivity index (χ1) is 16.0. The molecule has 2 saturated heterocycles. The number of fused-ring (bicyclic) bond motifs is 1. The lowest BCUT2D eigenvalue weighted by molar-refractivity contribution is -0.127. The summed E-state index contributed by atoms with van der Waals surface area (Å²) < 4.78 is 29.9. The van der Waals surface area contributed by atoms with E-state index in [4.69, 9.17) is 4.98 Å². The zero-order valence-electron chi connectivity index (χ0n) is 18.1. The van der Waals surface area contributed by atoms with E-state index in [1.54, 1.807) is 27.9 Å². The van der Waals surface area contributed by atoms with E-state index in [0.29, 0.717) is 61.5 Å². The molecule has 0 bridgehead atoms. The van der Waals surface area contributed by atoms with Crippen molar-refractivity contribution >= 4 is 23.4 Å². The summed E-state index contributed by atoms with van der Waals surface area (Å²) in [5, 5.41) is 13.9. The van der Waals surface area contributed by atoms with Crippen molar-refractivity contribution in [2.24, 2.45) is 0 Å². The molecule has 172 valence electrons. The van der Waals surface area contributed by atoms with Crippen LogP contribution in [0.15, 0.2) is 42.7 Å². The molecule has 0 saturated carbocycles. The second-order valence-electron chi connectivity index (χ2n) is 8.56. The number of aliphatic hydroxyl groups is 1. The van der Waals surface area contributed by atoms with Crippen molar-refractivity contribution in [3.8, 4) is 0 Å². The van der Waals surface area contributed by atoms with Gasteiger partial charge in [-0.3, -0.25) is 4.79 Å². The average Bonchev–Trinajstić information content (AvgIpc) is 3.46. The second kappa shape index (κ2) is 8.90. The molecule has 2 aromatic heterocycles. The van der Waals surface area contributed by atoms with Crippen molar-refractivity contribution in [1.82, 2.24) is 19.5 Å². The number of carbonyl (C=O) groups excluding carboxylic acids is 1. The molecule has 0 radical (unpaired) electrons. The zero-order valence-corrected chi connectivity index (χ0v) is 18.1. The molecular weight excluding hydrogens is 428 g/mol. The smallest absolute Gasteiger partial charge is 0.246 e. The minimum Gasteiger partial charge on any atom is -0.393 e. The molecule has 9 heteroatoms. The van der Waals surface area contributed by atoms with Gasteiger partial charge >= 0.3 is 0 Å². The van der Waals surface area contributed by atoms with E-state index in [0.717, 1.165) is 18.6 Å². The number of halogens is 2. The van der Waals surface area contributed by atoms with E-state index in [2.05, 4.69) is 5.10 Å². The molecule has 0 spiro atoms. The maximum Gasteiger partial charge on any atom is 0.246 e. The first-order valence-corrected chi connectivity index (χ1v) is 11.2. The fraction of sp³-hybridized carbons (Fsp3) is 0.375. The molecule has 7 nitrogen and oxygen atoms in total. The highest BCUT2D eigenvalue weighted by molar-refractivity contribution is 5.92. The Morgan fingerprint density at radius 1 is 1.12 bits per heavy atom. The van der Waals surface area contributed by atoms with E-state index in [9.17, 15) is 18.7 Å². The molecule has 3 aromatic rings. The molecule has 1 N–H and O–H groups in total. The first kappa shape index (κ1) is 21.5. The molecule has 4 heterocycles. The van der Waals surface area contributed by atoms with Crippen LogP contribution in [-0.4, -0.2) is 56.2 Å². The van der Waals surface area contributed by atoms with Crippen molar-refractivity contribution in [1.29, 1.82) is 0 Å². The molecule has 2 fully saturated rings. The molecule has 1 atom stereocenters. The van der Waals surface area contributed by atoms with E-state index < -0.39 is 11.6 Å². The van der Waals surface area contributed by atoms with Gasteiger partial charge in [-0.15, -0.1) is 0 Å². The third-order valence-corrected chi connectivity index (χ3v) is 6.43. The number of aliphatic hydroxyl groups excluding tert-OH is 1. The summed E-state index contributed by atoms with van der Waals surface area (Å²) in [6.07, 6.45) is 9.01. The topological polar surface area (TPSA) is 74.0 Å². The fourth-order valence-corrected chi connectivity index (χ4v) is 4.64. The number of hydrogen-bond donors (Lipinski definition) is 1. The summed E-state index contributed by atoms with van der Waals surface area (Å²) in [4.78, 5) is 21.0. The lowest BCUT2D eigenvalue weighted by Gasteiger charge is -2.28. The van der Waals surface area contributed by atoms with Crippen molar-refractivity contribution < 1.29 is 18.7 Å². The Labute approximate surface area is 189 Å². The molecule has 1 amide bonds. The molecular formula is C24H25F2N5O2. The van der Waals surface area contributed by atoms with Crippen LogP contribution in [0.2, 0.25) is 0 Å². The first-order valence-electron chi connectivity index (χ1n) is 11.2. The van der Waals surface area contributed by atoms with Crippen LogP contribution in [0.1, 0.15) is 42.9 Å². The number of piperidine rings is 1. The van der Waals surface area contributed by atoms with Gasteiger partial charge in [0.05, 0.1) is 18.3 Å². The largest absolute Gasteiger partial charge is 0.393 e. The number of benzene rings is 1. The summed E-state index contributed by atoms with van der Waals surface area (Å²) in [6, 6.07) is 5.06. The van der Waals surface area contributed by atoms with Crippen LogP contribution in [-0.2, 0) is 4.79 Å². The molecule has 0 aliphatic carbocycles. The highest BCUT2D eigenvalue weighted by atomic mass is 19.1. The number of hydrogen-bond acceptors (Lipinski definition) is 5. The van der Waals surface area contributed by atoms with Gasteiger partial charge < -0.3 is 14.9 Å². The Morgan fingerprint density at radius 3 is 2.76 bits per heavy atom. The second-order valence-corrected chi connectivity index (χ2v) is 8.56. The molecule has 2 aliphatic heterocycles. The fourth-order valence-electron chi connectivity index (χ4n) is 4.64. The number of amides is 1. The van der Waals surface area contributed by atoms with Crippen LogP contribution in [0.3, 0.4) is 0 Å². The van der Waals surface area contributed by atoms with E-state index in [1.807, 2.05) is 11.0 Å². The number of anilines is 1. The van der Waals surface area contributed by atoms with E-state index >= 15 is 0 Å². The van der Waals surface area contributed by atoms with Crippen molar-refractivity contribution in [3.05, 3.63) is 65.5 Å². The predicted molar refractivity (Wildman–Crippen MR) is 120 cm³/mol. The van der Waals surface area contributed by atoms with Gasteiger partial charge in [0, 0.05) is 43.0 Å². The van der Waals surface area contributed by atoms with Crippen LogP contribution < -0.4 is 4.90 Å². The Kier molecular flexibility index (Phi) is 5.80. The number of likely N-dealkylation sites (tertiary alicyclic amines) is 1. The number of carbonyl (C=O) groups is 1. The van der Waals surface area contributed by atoms with Gasteiger partial charge in [-0.2, -0.15) is 5.10 Å². The Hall–Kier alpha value is -3.33. The van der Waals surface area contributed by atoms with Crippen LogP contribution in [0.25, 0.3) is 11.7 Å². The quantitative estimate of drug-likeness (QED) is 0.614. The van der Waals surface area contributed by atoms with Crippen molar-refractivity contribution in [3.63, 3.8) is 0 Å². The maximum atomic E-state index is 14.4. The lowest BCUT2D eigenvalue weighted by atomic mass is 10.0. The zero-order chi connectivity index (χ0) is 22.9. The third kappa shape index (κ3) is 4.32. The van der Waals surface area contributed by atoms with E-state index in [1.165, 1.54) is 12.1 Å². The SMILES string of the molecule is O=C(C=Cc1cnn2ccc(N3CCC[C@@H]3c3cc(F)ccc3F)nc12)N1CCC(O)CC1. The van der Waals surface area contributed by atoms with E-state index in [-0.39, 0.29) is 18.1 Å². The summed E-state index contributed by atoms with van der Waals surface area (Å²) in [5.74, 6) is -0.345. The minimum absolute atomic E-state index is 0.112. The molecule has 5 rings (SSSR count). The van der Waals surface area contributed by atoms with Gasteiger partial charge in [0.1, 0.15) is 17.5 Å². The Balaban J connectivity index is 1.40. The van der Waals surface area contributed by atoms with Crippen LogP contribution in [0, 0.1) is 11.6 Å².